The van der Waals surface area contributed by atoms with Gasteiger partial charge in [0.2, 0.25) is 10.0 Å². The summed E-state index contributed by atoms with van der Waals surface area (Å²) in [5, 5.41) is 4.99. The first-order chi connectivity index (χ1) is 9.59. The monoisotopic (exact) mass is 310 g/mol. The number of sulfonamides is 1. The van der Waals surface area contributed by atoms with E-state index in [0.29, 0.717) is 6.54 Å². The van der Waals surface area contributed by atoms with Crippen molar-refractivity contribution >= 4 is 21.4 Å². The molecule has 1 heterocycles. The molecule has 0 aliphatic carbocycles. The van der Waals surface area contributed by atoms with E-state index in [2.05, 4.69) is 10.0 Å². The molecule has 20 heavy (non-hydrogen) atoms. The summed E-state index contributed by atoms with van der Waals surface area (Å²) in [7, 11) is -1.44. The SMILES string of the molecule is CNCc1cccc(CS(=O)(=O)NCc2cccs2)c1. The molecule has 1 aromatic heterocycles. The number of hydrogen-bond acceptors (Lipinski definition) is 4. The van der Waals surface area contributed by atoms with E-state index in [1.54, 1.807) is 11.3 Å². The number of benzene rings is 1. The van der Waals surface area contributed by atoms with E-state index in [1.165, 1.54) is 0 Å². The number of thiophene rings is 1. The summed E-state index contributed by atoms with van der Waals surface area (Å²) in [5.74, 6) is 0.00985. The van der Waals surface area contributed by atoms with Crippen molar-refractivity contribution in [3.05, 3.63) is 57.8 Å². The zero-order valence-corrected chi connectivity index (χ0v) is 12.9. The molecule has 2 rings (SSSR count). The van der Waals surface area contributed by atoms with Gasteiger partial charge in [-0.1, -0.05) is 30.3 Å². The van der Waals surface area contributed by atoms with Crippen molar-refractivity contribution in [3.8, 4) is 0 Å². The third-order valence-corrected chi connectivity index (χ3v) is 4.95. The molecular formula is C14H18N2O2S2. The predicted octanol–water partition coefficient (Wildman–Crippen LogP) is 2.09. The van der Waals surface area contributed by atoms with Gasteiger partial charge in [0.15, 0.2) is 0 Å². The Morgan fingerprint density at radius 3 is 2.60 bits per heavy atom. The molecule has 4 nitrogen and oxygen atoms in total. The molecule has 0 unspecified atom stereocenters. The molecule has 1 aromatic carbocycles. The molecule has 0 spiro atoms. The molecule has 0 saturated carbocycles. The van der Waals surface area contributed by atoms with E-state index in [9.17, 15) is 8.42 Å². The van der Waals surface area contributed by atoms with E-state index in [0.717, 1.165) is 22.5 Å². The van der Waals surface area contributed by atoms with Crippen molar-refractivity contribution in [1.82, 2.24) is 10.0 Å². The van der Waals surface area contributed by atoms with Gasteiger partial charge < -0.3 is 5.32 Å². The van der Waals surface area contributed by atoms with Gasteiger partial charge in [-0.05, 0) is 29.6 Å². The fourth-order valence-corrected chi connectivity index (χ4v) is 3.73. The Hall–Kier alpha value is -1.21. The highest BCUT2D eigenvalue weighted by atomic mass is 32.2. The minimum Gasteiger partial charge on any atom is -0.316 e. The Balaban J connectivity index is 1.98. The van der Waals surface area contributed by atoms with Crippen LogP contribution in [-0.4, -0.2) is 15.5 Å². The van der Waals surface area contributed by atoms with Gasteiger partial charge >= 0.3 is 0 Å². The summed E-state index contributed by atoms with van der Waals surface area (Å²) in [6.45, 7) is 1.09. The van der Waals surface area contributed by atoms with Crippen LogP contribution in [0, 0.1) is 0 Å². The fraction of sp³-hybridized carbons (Fsp3) is 0.286. The first-order valence-electron chi connectivity index (χ1n) is 6.31. The van der Waals surface area contributed by atoms with Gasteiger partial charge in [0, 0.05) is 18.0 Å². The average Bonchev–Trinajstić information content (AvgIpc) is 2.90. The summed E-state index contributed by atoms with van der Waals surface area (Å²) in [4.78, 5) is 1.01. The van der Waals surface area contributed by atoms with Crippen molar-refractivity contribution < 1.29 is 8.42 Å². The number of nitrogens with one attached hydrogen (secondary N) is 2. The molecule has 0 atom stereocenters. The van der Waals surface area contributed by atoms with Crippen LogP contribution in [0.15, 0.2) is 41.8 Å². The van der Waals surface area contributed by atoms with Crippen LogP contribution in [0.5, 0.6) is 0 Å². The standard InChI is InChI=1S/C14H18N2O2S2/c1-15-9-12-4-2-5-13(8-12)11-20(17,18)16-10-14-6-3-7-19-14/h2-8,15-16H,9-11H2,1H3. The smallest absolute Gasteiger partial charge is 0.216 e. The number of rotatable bonds is 7. The van der Waals surface area contributed by atoms with Crippen molar-refractivity contribution in [2.24, 2.45) is 0 Å². The lowest BCUT2D eigenvalue weighted by molar-refractivity contribution is 0.581. The van der Waals surface area contributed by atoms with Crippen LogP contribution in [0.1, 0.15) is 16.0 Å². The molecule has 0 bridgehead atoms. The fourth-order valence-electron chi connectivity index (χ4n) is 1.90. The highest BCUT2D eigenvalue weighted by Gasteiger charge is 2.11. The molecule has 0 fully saturated rings. The minimum atomic E-state index is -3.31. The molecule has 2 N–H and O–H groups in total. The molecule has 2 aromatic rings. The second-order valence-electron chi connectivity index (χ2n) is 4.51. The first-order valence-corrected chi connectivity index (χ1v) is 8.84. The lowest BCUT2D eigenvalue weighted by Crippen LogP contribution is -2.24. The van der Waals surface area contributed by atoms with Crippen LogP contribution in [0.3, 0.4) is 0 Å². The van der Waals surface area contributed by atoms with E-state index < -0.39 is 10.0 Å². The van der Waals surface area contributed by atoms with E-state index in [4.69, 9.17) is 0 Å². The lowest BCUT2D eigenvalue weighted by atomic mass is 10.1. The van der Waals surface area contributed by atoms with Crippen molar-refractivity contribution in [1.29, 1.82) is 0 Å². The largest absolute Gasteiger partial charge is 0.316 e. The summed E-state index contributed by atoms with van der Waals surface area (Å²) in [6.07, 6.45) is 0. The van der Waals surface area contributed by atoms with Crippen LogP contribution >= 0.6 is 11.3 Å². The van der Waals surface area contributed by atoms with E-state index in [-0.39, 0.29) is 5.75 Å². The molecule has 0 amide bonds. The maximum absolute atomic E-state index is 12.0. The topological polar surface area (TPSA) is 58.2 Å². The second kappa shape index (κ2) is 6.99. The van der Waals surface area contributed by atoms with Gasteiger partial charge in [0.1, 0.15) is 0 Å². The van der Waals surface area contributed by atoms with Gasteiger partial charge in [-0.3, -0.25) is 0 Å². The third-order valence-electron chi connectivity index (χ3n) is 2.78. The maximum atomic E-state index is 12.0. The van der Waals surface area contributed by atoms with Gasteiger partial charge in [0.25, 0.3) is 0 Å². The first kappa shape index (κ1) is 15.2. The van der Waals surface area contributed by atoms with Gasteiger partial charge in [-0.25, -0.2) is 13.1 Å². The summed E-state index contributed by atoms with van der Waals surface area (Å²) in [5.41, 5.74) is 1.88. The number of hydrogen-bond donors (Lipinski definition) is 2. The Kier molecular flexibility index (Phi) is 5.31. The van der Waals surface area contributed by atoms with E-state index >= 15 is 0 Å². The van der Waals surface area contributed by atoms with Crippen LogP contribution in [-0.2, 0) is 28.9 Å². The van der Waals surface area contributed by atoms with Crippen molar-refractivity contribution in [3.63, 3.8) is 0 Å². The highest BCUT2D eigenvalue weighted by Crippen LogP contribution is 2.11. The van der Waals surface area contributed by atoms with Crippen molar-refractivity contribution in [2.75, 3.05) is 7.05 Å². The minimum absolute atomic E-state index is 0.00985. The molecular weight excluding hydrogens is 292 g/mol. The normalized spacial score (nSPS) is 11.7. The Labute approximate surface area is 123 Å². The second-order valence-corrected chi connectivity index (χ2v) is 7.35. The summed E-state index contributed by atoms with van der Waals surface area (Å²) in [6, 6.07) is 11.4. The quantitative estimate of drug-likeness (QED) is 0.823. The molecule has 0 saturated heterocycles. The molecule has 0 radical (unpaired) electrons. The zero-order valence-electron chi connectivity index (χ0n) is 11.3. The maximum Gasteiger partial charge on any atom is 0.216 e. The molecule has 6 heteroatoms. The lowest BCUT2D eigenvalue weighted by Gasteiger charge is -2.07. The van der Waals surface area contributed by atoms with Crippen LogP contribution < -0.4 is 10.0 Å². The van der Waals surface area contributed by atoms with E-state index in [1.807, 2.05) is 48.8 Å². The molecule has 0 aliphatic heterocycles. The van der Waals surface area contributed by atoms with Crippen molar-refractivity contribution in [2.45, 2.75) is 18.8 Å². The summed E-state index contributed by atoms with van der Waals surface area (Å²) < 4.78 is 26.7. The van der Waals surface area contributed by atoms with Gasteiger partial charge in [0.05, 0.1) is 5.75 Å². The van der Waals surface area contributed by atoms with Crippen LogP contribution in [0.25, 0.3) is 0 Å². The predicted molar refractivity (Wildman–Crippen MR) is 83.0 cm³/mol. The summed E-state index contributed by atoms with van der Waals surface area (Å²) >= 11 is 1.54. The molecule has 108 valence electrons. The Morgan fingerprint density at radius 1 is 1.10 bits per heavy atom. The van der Waals surface area contributed by atoms with Gasteiger partial charge in [-0.15, -0.1) is 11.3 Å². The van der Waals surface area contributed by atoms with Gasteiger partial charge in [-0.2, -0.15) is 0 Å². The average molecular weight is 310 g/mol. The Morgan fingerprint density at radius 2 is 1.90 bits per heavy atom. The highest BCUT2D eigenvalue weighted by molar-refractivity contribution is 7.88. The third kappa shape index (κ3) is 4.72. The van der Waals surface area contributed by atoms with Crippen LogP contribution in [0.2, 0.25) is 0 Å². The zero-order chi connectivity index (χ0) is 14.4. The molecule has 0 aliphatic rings. The van der Waals surface area contributed by atoms with Crippen LogP contribution in [0.4, 0.5) is 0 Å². The Bertz CT molecular complexity index is 637.